The lowest BCUT2D eigenvalue weighted by atomic mass is 9.80. The lowest BCUT2D eigenvalue weighted by Crippen LogP contribution is -2.56. The number of amides is 6. The van der Waals surface area contributed by atoms with E-state index in [2.05, 4.69) is 57.7 Å². The first-order valence-corrected chi connectivity index (χ1v) is 24.2. The molecule has 8 atom stereocenters. The van der Waals surface area contributed by atoms with Gasteiger partial charge in [-0.3, -0.25) is 28.8 Å². The molecule has 0 spiro atoms. The maximum absolute atomic E-state index is 14.1. The van der Waals surface area contributed by atoms with Crippen LogP contribution in [0.4, 0.5) is 0 Å². The average Bonchev–Trinajstić information content (AvgIpc) is 3.98. The molecule has 2 fully saturated rings. The number of fused-ring (bicyclic) bond motifs is 2. The highest BCUT2D eigenvalue weighted by Gasteiger charge is 2.42. The summed E-state index contributed by atoms with van der Waals surface area (Å²) in [4.78, 5) is 85.0. The van der Waals surface area contributed by atoms with Crippen LogP contribution in [0.3, 0.4) is 0 Å². The summed E-state index contributed by atoms with van der Waals surface area (Å²) in [6, 6.07) is 9.99. The first-order valence-electron chi connectivity index (χ1n) is 24.2. The minimum atomic E-state index is -0.681. The molecule has 6 rings (SSSR count). The molecule has 2 heterocycles. The van der Waals surface area contributed by atoms with Crippen molar-refractivity contribution >= 4 is 35.4 Å². The van der Waals surface area contributed by atoms with Crippen LogP contribution in [0.1, 0.15) is 165 Å². The van der Waals surface area contributed by atoms with E-state index in [0.29, 0.717) is 38.8 Å². The van der Waals surface area contributed by atoms with Crippen LogP contribution in [-0.2, 0) is 48.0 Å². The summed E-state index contributed by atoms with van der Waals surface area (Å²) in [6.07, 6.45) is 10.1. The summed E-state index contributed by atoms with van der Waals surface area (Å²) in [5.74, 6) is -1.53. The van der Waals surface area contributed by atoms with Crippen LogP contribution in [0.2, 0.25) is 0 Å². The number of likely N-dealkylation sites (tertiary alicyclic amines) is 2. The summed E-state index contributed by atoms with van der Waals surface area (Å²) in [5.41, 5.74) is 7.28. The van der Waals surface area contributed by atoms with Crippen molar-refractivity contribution in [1.82, 2.24) is 31.1 Å². The number of nitrogens with zero attached hydrogens (tertiary/aromatic N) is 2. The number of rotatable bonds is 16. The molecule has 6 amide bonds. The fourth-order valence-electron chi connectivity index (χ4n) is 10.2. The second-order valence-electron chi connectivity index (χ2n) is 19.5. The van der Waals surface area contributed by atoms with Gasteiger partial charge in [0.2, 0.25) is 35.4 Å². The Labute approximate surface area is 375 Å². The van der Waals surface area contributed by atoms with Crippen LogP contribution in [0.25, 0.3) is 0 Å². The molecule has 0 radical (unpaired) electrons. The van der Waals surface area contributed by atoms with Crippen molar-refractivity contribution < 1.29 is 28.8 Å². The highest BCUT2D eigenvalue weighted by Crippen LogP contribution is 2.37. The summed E-state index contributed by atoms with van der Waals surface area (Å²) < 4.78 is 0. The van der Waals surface area contributed by atoms with E-state index in [0.717, 1.165) is 68.9 Å². The Morgan fingerprint density at radius 2 is 0.968 bits per heavy atom. The van der Waals surface area contributed by atoms with Crippen LogP contribution in [0.15, 0.2) is 36.4 Å². The highest BCUT2D eigenvalue weighted by molar-refractivity contribution is 5.94. The van der Waals surface area contributed by atoms with Gasteiger partial charge in [0.05, 0.1) is 12.1 Å². The number of hydrogen-bond acceptors (Lipinski definition) is 6. The van der Waals surface area contributed by atoms with Gasteiger partial charge in [0.1, 0.15) is 24.2 Å². The molecular formula is C51H74N6O6. The van der Waals surface area contributed by atoms with Crippen molar-refractivity contribution in [3.63, 3.8) is 0 Å². The Bertz CT molecular complexity index is 1860. The van der Waals surface area contributed by atoms with Crippen LogP contribution >= 0.6 is 0 Å². The van der Waals surface area contributed by atoms with Crippen LogP contribution in [0, 0.1) is 23.7 Å². The molecule has 4 N–H and O–H groups in total. The summed E-state index contributed by atoms with van der Waals surface area (Å²) in [5, 5.41) is 12.7. The van der Waals surface area contributed by atoms with E-state index in [9.17, 15) is 28.8 Å². The molecule has 2 aromatic carbocycles. The molecule has 0 unspecified atom stereocenters. The fourth-order valence-corrected chi connectivity index (χ4v) is 10.2. The first-order chi connectivity index (χ1) is 30.1. The van der Waals surface area contributed by atoms with Crippen molar-refractivity contribution in [2.75, 3.05) is 13.1 Å². The Morgan fingerprint density at radius 1 is 0.571 bits per heavy atom. The van der Waals surface area contributed by atoms with Crippen molar-refractivity contribution in [3.05, 3.63) is 69.8 Å². The normalized spacial score (nSPS) is 22.7. The molecule has 63 heavy (non-hydrogen) atoms. The van der Waals surface area contributed by atoms with Gasteiger partial charge in [0.25, 0.3) is 0 Å². The summed E-state index contributed by atoms with van der Waals surface area (Å²) >= 11 is 0. The van der Waals surface area contributed by atoms with E-state index >= 15 is 0 Å². The lowest BCUT2D eigenvalue weighted by Gasteiger charge is -2.34. The number of hydrogen-bond donors (Lipinski definition) is 4. The van der Waals surface area contributed by atoms with Gasteiger partial charge in [-0.15, -0.1) is 0 Å². The fraction of sp³-hybridized carbons (Fsp3) is 0.647. The second-order valence-corrected chi connectivity index (χ2v) is 19.5. The zero-order valence-electron chi connectivity index (χ0n) is 39.2. The molecule has 4 aliphatic rings. The van der Waals surface area contributed by atoms with Gasteiger partial charge in [0.15, 0.2) is 0 Å². The third-order valence-electron chi connectivity index (χ3n) is 14.5. The number of carbonyl (C=O) groups is 6. The van der Waals surface area contributed by atoms with E-state index in [1.807, 2.05) is 55.4 Å². The molecular weight excluding hydrogens is 793 g/mol. The topological polar surface area (TPSA) is 157 Å². The van der Waals surface area contributed by atoms with Crippen molar-refractivity contribution in [1.29, 1.82) is 0 Å². The zero-order chi connectivity index (χ0) is 45.5. The Balaban J connectivity index is 1.14. The molecule has 12 heteroatoms. The van der Waals surface area contributed by atoms with Gasteiger partial charge in [0, 0.05) is 24.9 Å². The van der Waals surface area contributed by atoms with Crippen LogP contribution in [0.5, 0.6) is 0 Å². The summed E-state index contributed by atoms with van der Waals surface area (Å²) in [7, 11) is 0. The van der Waals surface area contributed by atoms with E-state index in [1.165, 1.54) is 22.3 Å². The van der Waals surface area contributed by atoms with Gasteiger partial charge in [-0.25, -0.2) is 0 Å². The Kier molecular flexibility index (Phi) is 16.1. The molecule has 0 aromatic heterocycles. The van der Waals surface area contributed by atoms with Crippen LogP contribution in [-0.4, -0.2) is 82.5 Å². The minimum absolute atomic E-state index is 0.113. The van der Waals surface area contributed by atoms with Crippen molar-refractivity contribution in [2.45, 2.75) is 175 Å². The van der Waals surface area contributed by atoms with Crippen LogP contribution < -0.4 is 21.3 Å². The van der Waals surface area contributed by atoms with Gasteiger partial charge < -0.3 is 31.1 Å². The average molecular weight is 867 g/mol. The van der Waals surface area contributed by atoms with Gasteiger partial charge in [-0.2, -0.15) is 0 Å². The van der Waals surface area contributed by atoms with Crippen molar-refractivity contribution in [2.24, 2.45) is 23.7 Å². The summed E-state index contributed by atoms with van der Waals surface area (Å²) in [6.45, 7) is 16.3. The molecule has 2 saturated heterocycles. The predicted octanol–water partition coefficient (Wildman–Crippen LogP) is 6.62. The number of nitrogens with one attached hydrogen (secondary N) is 4. The molecule has 2 aromatic rings. The maximum atomic E-state index is 14.1. The molecule has 344 valence electrons. The molecule has 12 nitrogen and oxygen atoms in total. The predicted molar refractivity (Wildman–Crippen MR) is 245 cm³/mol. The minimum Gasteiger partial charge on any atom is -0.347 e. The number of benzene rings is 2. The third kappa shape index (κ3) is 10.8. The van der Waals surface area contributed by atoms with Gasteiger partial charge >= 0.3 is 0 Å². The molecule has 2 aliphatic carbocycles. The lowest BCUT2D eigenvalue weighted by molar-refractivity contribution is -0.143. The highest BCUT2D eigenvalue weighted by atomic mass is 16.2. The standard InChI is InChI=1S/C51H74N6O6/c1-9-32(7)46(58)54-44(30(3)4)50(62)56-27-15-25-42(56)48(60)52-40-23-13-19-36-34(17-11-21-38(36)40)29-35-18-12-22-39-37(35)20-14-24-41(39)53-49(61)43-26-16-28-57(43)51(63)45(31(5)6)55-47(59)33(8)10-2/h11-12,17-18,21-22,30-33,40-45H,9-10,13-16,19-20,23-29H2,1-8H3,(H,52,60)(H,53,61)(H,54,58)(H,55,59)/t32-,33-,40-,41-,42+,43+,44+,45+/m1/s1. The number of carbonyl (C=O) groups excluding carboxylic acids is 6. The van der Waals surface area contributed by atoms with E-state index in [-0.39, 0.29) is 71.2 Å². The smallest absolute Gasteiger partial charge is 0.246 e. The molecule has 0 bridgehead atoms. The largest absolute Gasteiger partial charge is 0.347 e. The monoisotopic (exact) mass is 867 g/mol. The zero-order valence-corrected chi connectivity index (χ0v) is 39.2. The second kappa shape index (κ2) is 21.3. The molecule has 0 saturated carbocycles. The van der Waals surface area contributed by atoms with E-state index in [1.54, 1.807) is 9.80 Å². The third-order valence-corrected chi connectivity index (χ3v) is 14.5. The van der Waals surface area contributed by atoms with Gasteiger partial charge in [-0.05, 0) is 129 Å². The van der Waals surface area contributed by atoms with Crippen molar-refractivity contribution in [3.8, 4) is 0 Å². The maximum Gasteiger partial charge on any atom is 0.246 e. The van der Waals surface area contributed by atoms with Gasteiger partial charge in [-0.1, -0.05) is 91.8 Å². The van der Waals surface area contributed by atoms with E-state index in [4.69, 9.17) is 0 Å². The first kappa shape index (κ1) is 47.7. The SMILES string of the molecule is CC[C@@H](C)C(=O)N[C@H](C(=O)N1CCC[C@H]1C(=O)N[C@@H]1CCCc2c(Cc3cccc4c3CCC[C@H]4NC(=O)[C@@H]3CCCN3C(=O)[C@@H](NC(=O)[C@H](C)CC)C(C)C)cccc21)C(C)C. The Morgan fingerprint density at radius 3 is 1.33 bits per heavy atom. The molecule has 2 aliphatic heterocycles. The Hall–Kier alpha value is -4.74. The van der Waals surface area contributed by atoms with E-state index < -0.39 is 24.2 Å². The quantitative estimate of drug-likeness (QED) is 0.149.